The molecule has 47 valence electrons. The van der Waals surface area contributed by atoms with E-state index in [1.807, 2.05) is 0 Å². The second-order valence-corrected chi connectivity index (χ2v) is 1.77. The molecule has 0 N–H and O–H groups in total. The Morgan fingerprint density at radius 1 is 0.833 bits per heavy atom. The van der Waals surface area contributed by atoms with Crippen molar-refractivity contribution in [2.45, 2.75) is 0 Å². The van der Waals surface area contributed by atoms with Gasteiger partial charge in [-0.15, -0.1) is 0 Å². The van der Waals surface area contributed by atoms with E-state index in [4.69, 9.17) is 20.3 Å². The Hall–Kier alpha value is 2.96. The number of hydrogen-bond donors (Lipinski definition) is 0. The maximum atomic E-state index is 4.73. The van der Waals surface area contributed by atoms with E-state index < -0.39 is 0 Å². The number of halogens is 2. The van der Waals surface area contributed by atoms with Crippen LogP contribution in [0, 0.1) is 0 Å². The molecule has 0 amide bonds. The van der Waals surface area contributed by atoms with Gasteiger partial charge in [-0.2, -0.15) is 0 Å². The van der Waals surface area contributed by atoms with Crippen molar-refractivity contribution in [2.75, 3.05) is 0 Å². The smallest absolute Gasteiger partial charge is 0 e. The van der Waals surface area contributed by atoms with Gasteiger partial charge in [0.05, 0.1) is 0 Å². The van der Waals surface area contributed by atoms with Crippen molar-refractivity contribution in [3.63, 3.8) is 0 Å². The summed E-state index contributed by atoms with van der Waals surface area (Å²) in [4.78, 5) is 0. The Balaban J connectivity index is -0.00000000667. The van der Waals surface area contributed by atoms with Crippen LogP contribution in [0.5, 0.6) is 0 Å². The van der Waals surface area contributed by atoms with Gasteiger partial charge in [-0.05, 0) is 0 Å². The van der Waals surface area contributed by atoms with Crippen molar-refractivity contribution in [3.05, 3.63) is 0 Å². The van der Waals surface area contributed by atoms with Crippen molar-refractivity contribution in [2.24, 2.45) is 0 Å². The van der Waals surface area contributed by atoms with E-state index in [2.05, 4.69) is 0 Å². The molecule has 0 aromatic heterocycles. The molecule has 0 unspecified atom stereocenters. The minimum Gasteiger partial charge on any atom is 0 e. The first-order valence-corrected chi connectivity index (χ1v) is 3.12. The molecular formula is Cl2CoRu3. The van der Waals surface area contributed by atoms with Gasteiger partial charge in [0.15, 0.2) is 0 Å². The van der Waals surface area contributed by atoms with Gasteiger partial charge in [-0.3, -0.25) is 0 Å². The van der Waals surface area contributed by atoms with Crippen LogP contribution in [0.15, 0.2) is 0 Å². The summed E-state index contributed by atoms with van der Waals surface area (Å²) in [5.74, 6) is 0. The van der Waals surface area contributed by atoms with Gasteiger partial charge in [-0.1, -0.05) is 0 Å². The van der Waals surface area contributed by atoms with E-state index in [-0.39, 0.29) is 58.4 Å². The summed E-state index contributed by atoms with van der Waals surface area (Å²) >= 11 is 0.382. The maximum Gasteiger partial charge on any atom is 0 e. The molecule has 0 aliphatic heterocycles. The van der Waals surface area contributed by atoms with E-state index >= 15 is 0 Å². The summed E-state index contributed by atoms with van der Waals surface area (Å²) < 4.78 is 0. The van der Waals surface area contributed by atoms with Crippen molar-refractivity contribution < 1.29 is 71.3 Å². The molecule has 6 heteroatoms. The fourth-order valence-electron chi connectivity index (χ4n) is 0. The molecule has 0 rings (SSSR count). The van der Waals surface area contributed by atoms with Gasteiger partial charge in [0.2, 0.25) is 0 Å². The summed E-state index contributed by atoms with van der Waals surface area (Å²) in [5.41, 5.74) is 0. The molecule has 0 fully saturated rings. The van der Waals surface area contributed by atoms with Crippen LogP contribution in [0.4, 0.5) is 0 Å². The zero-order valence-electron chi connectivity index (χ0n) is 2.15. The molecule has 0 spiro atoms. The summed E-state index contributed by atoms with van der Waals surface area (Å²) in [5, 5.41) is 0. The molecule has 0 saturated carbocycles. The summed E-state index contributed by atoms with van der Waals surface area (Å²) in [6, 6.07) is 0. The molecule has 0 aliphatic rings. The molecule has 0 aromatic carbocycles. The first-order chi connectivity index (χ1) is 1.41. The Morgan fingerprint density at radius 2 is 0.833 bits per heavy atom. The van der Waals surface area contributed by atoms with E-state index in [9.17, 15) is 0 Å². The number of hydrogen-bond acceptors (Lipinski definition) is 0. The minimum atomic E-state index is 0. The van der Waals surface area contributed by atoms with E-state index in [1.165, 1.54) is 0 Å². The molecule has 0 radical (unpaired) electrons. The van der Waals surface area contributed by atoms with Crippen LogP contribution in [-0.4, -0.2) is 0 Å². The molecule has 0 aromatic rings. The zero-order valence-corrected chi connectivity index (χ0v) is 9.92. The third-order valence-electron chi connectivity index (χ3n) is 0. The Labute approximate surface area is 90.2 Å². The average molecular weight is 433 g/mol. The third-order valence-corrected chi connectivity index (χ3v) is 0. The van der Waals surface area contributed by atoms with E-state index in [0.717, 1.165) is 0 Å². The monoisotopic (exact) mass is 435 g/mol. The predicted molar refractivity (Wildman–Crippen MR) is 11.7 cm³/mol. The predicted octanol–water partition coefficient (Wildman–Crippen LogP) is 1.37. The van der Waals surface area contributed by atoms with Crippen LogP contribution in [-0.2, 0) is 71.3 Å². The molecule has 0 atom stereocenters. The van der Waals surface area contributed by atoms with Crippen LogP contribution in [0.25, 0.3) is 0 Å². The Kier molecular flexibility index (Phi) is 94.6. The largest absolute Gasteiger partial charge is 0 e. The molecule has 0 heterocycles. The van der Waals surface area contributed by atoms with Crippen molar-refractivity contribution in [1.29, 1.82) is 0 Å². The maximum absolute atomic E-state index is 4.73. The quantitative estimate of drug-likeness (QED) is 0.507. The van der Waals surface area contributed by atoms with Crippen LogP contribution in [0.2, 0.25) is 0 Å². The second-order valence-electron chi connectivity index (χ2n) is 0.0476. The molecular weight excluding hydrogens is 433 g/mol. The van der Waals surface area contributed by atoms with Crippen LogP contribution < -0.4 is 0 Å². The topological polar surface area (TPSA) is 0 Å². The average Bonchev–Trinajstić information content (AvgIpc) is 0.918. The third kappa shape index (κ3) is 28.2. The van der Waals surface area contributed by atoms with Gasteiger partial charge in [-0.25, -0.2) is 0 Å². The number of rotatable bonds is 0. The summed E-state index contributed by atoms with van der Waals surface area (Å²) in [6.07, 6.45) is 0. The SMILES string of the molecule is [Cl][Co][Cl].[Ru].[Ru].[Ru]. The molecule has 0 saturated heterocycles. The van der Waals surface area contributed by atoms with Gasteiger partial charge in [0.1, 0.15) is 0 Å². The van der Waals surface area contributed by atoms with Crippen molar-refractivity contribution in [1.82, 2.24) is 0 Å². The van der Waals surface area contributed by atoms with Crippen molar-refractivity contribution >= 4 is 20.3 Å². The fraction of sp³-hybridized carbons (Fsp3) is 0. The Morgan fingerprint density at radius 3 is 0.833 bits per heavy atom. The van der Waals surface area contributed by atoms with Gasteiger partial charge in [0, 0.05) is 58.4 Å². The van der Waals surface area contributed by atoms with E-state index in [1.54, 1.807) is 0 Å². The standard InChI is InChI=1S/2ClH.Co.3Ru/h2*1H;;;;/q;;+2;;;/p-2. The summed E-state index contributed by atoms with van der Waals surface area (Å²) in [6.45, 7) is 0. The van der Waals surface area contributed by atoms with E-state index in [0.29, 0.717) is 12.9 Å². The van der Waals surface area contributed by atoms with Crippen LogP contribution in [0.1, 0.15) is 0 Å². The normalized spacial score (nSPS) is 3.67. The van der Waals surface area contributed by atoms with Crippen LogP contribution >= 0.6 is 20.3 Å². The minimum absolute atomic E-state index is 0. The fourth-order valence-corrected chi connectivity index (χ4v) is 0. The molecule has 0 nitrogen and oxygen atoms in total. The Bertz CT molecular complexity index is 8.75. The second kappa shape index (κ2) is 24.6. The van der Waals surface area contributed by atoms with Crippen LogP contribution in [0.3, 0.4) is 0 Å². The molecule has 0 bridgehead atoms. The van der Waals surface area contributed by atoms with Gasteiger partial charge in [0.25, 0.3) is 0 Å². The molecule has 0 aliphatic carbocycles. The first-order valence-electron chi connectivity index (χ1n) is 0.252. The van der Waals surface area contributed by atoms with Gasteiger partial charge < -0.3 is 0 Å². The van der Waals surface area contributed by atoms with Crippen molar-refractivity contribution in [3.8, 4) is 0 Å². The molecule has 6 heavy (non-hydrogen) atoms. The zero-order chi connectivity index (χ0) is 2.71. The first kappa shape index (κ1) is 23.1. The summed E-state index contributed by atoms with van der Waals surface area (Å²) in [7, 11) is 9.47. The van der Waals surface area contributed by atoms with Gasteiger partial charge >= 0.3 is 33.2 Å².